The highest BCUT2D eigenvalue weighted by Crippen LogP contribution is 2.18. The van der Waals surface area contributed by atoms with Gasteiger partial charge in [0.1, 0.15) is 11.9 Å². The lowest BCUT2D eigenvalue weighted by Crippen LogP contribution is -2.40. The van der Waals surface area contributed by atoms with E-state index >= 15 is 0 Å². The number of hydrogen-bond acceptors (Lipinski definition) is 3. The van der Waals surface area contributed by atoms with Crippen LogP contribution in [-0.4, -0.2) is 46.4 Å². The van der Waals surface area contributed by atoms with Crippen molar-refractivity contribution >= 4 is 6.03 Å². The molecule has 6 heteroatoms. The summed E-state index contributed by atoms with van der Waals surface area (Å²) >= 11 is 0. The molecular weight excluding hydrogens is 316 g/mol. The Hall–Kier alpha value is -2.50. The van der Waals surface area contributed by atoms with E-state index in [4.69, 9.17) is 4.74 Å². The highest BCUT2D eigenvalue weighted by atomic mass is 16.5. The van der Waals surface area contributed by atoms with Crippen LogP contribution in [0.25, 0.3) is 0 Å². The van der Waals surface area contributed by atoms with Crippen molar-refractivity contribution in [2.75, 3.05) is 19.6 Å². The molecule has 1 atom stereocenters. The Morgan fingerprint density at radius 2 is 2.04 bits per heavy atom. The zero-order chi connectivity index (χ0) is 17.8. The van der Waals surface area contributed by atoms with Gasteiger partial charge < -0.3 is 15.0 Å². The first-order valence-corrected chi connectivity index (χ1v) is 8.79. The molecular formula is C19H26N4O2. The summed E-state index contributed by atoms with van der Waals surface area (Å²) in [5.74, 6) is 0.856. The van der Waals surface area contributed by atoms with Crippen molar-refractivity contribution in [1.82, 2.24) is 20.0 Å². The molecule has 0 saturated carbocycles. The van der Waals surface area contributed by atoms with E-state index in [-0.39, 0.29) is 12.1 Å². The lowest BCUT2D eigenvalue weighted by molar-refractivity contribution is 0.186. The molecule has 0 aliphatic carbocycles. The fraction of sp³-hybridized carbons (Fsp3) is 0.474. The van der Waals surface area contributed by atoms with Gasteiger partial charge >= 0.3 is 6.03 Å². The van der Waals surface area contributed by atoms with Gasteiger partial charge in [0.2, 0.25) is 0 Å². The molecule has 2 aromatic rings. The number of hydrogen-bond donors (Lipinski definition) is 1. The smallest absolute Gasteiger partial charge is 0.317 e. The van der Waals surface area contributed by atoms with Crippen LogP contribution in [0.3, 0.4) is 0 Å². The van der Waals surface area contributed by atoms with Crippen LogP contribution in [0.5, 0.6) is 5.75 Å². The third-order valence-corrected chi connectivity index (χ3v) is 4.82. The quantitative estimate of drug-likeness (QED) is 0.909. The standard InChI is InChI=1S/C19H26N4O2/c1-14-15(2)21-23(16(14)3)12-10-20-19(24)22-11-9-18(13-22)25-17-7-5-4-6-8-17/h4-8,18H,9-13H2,1-3H3,(H,20,24)/t18-/m1/s1. The Morgan fingerprint density at radius 1 is 1.28 bits per heavy atom. The van der Waals surface area contributed by atoms with Gasteiger partial charge in [0, 0.05) is 25.2 Å². The number of carbonyl (C=O) groups excluding carboxylic acids is 1. The average molecular weight is 342 g/mol. The van der Waals surface area contributed by atoms with Gasteiger partial charge in [-0.2, -0.15) is 5.10 Å². The van der Waals surface area contributed by atoms with Crippen molar-refractivity contribution in [2.45, 2.75) is 39.8 Å². The monoisotopic (exact) mass is 342 g/mol. The van der Waals surface area contributed by atoms with E-state index in [1.165, 1.54) is 5.56 Å². The van der Waals surface area contributed by atoms with Crippen LogP contribution in [-0.2, 0) is 6.54 Å². The second-order valence-electron chi connectivity index (χ2n) is 6.54. The number of nitrogens with zero attached hydrogens (tertiary/aromatic N) is 3. The van der Waals surface area contributed by atoms with Crippen molar-refractivity contribution in [2.24, 2.45) is 0 Å². The Kier molecular flexibility index (Phi) is 5.26. The Labute approximate surface area is 148 Å². The van der Waals surface area contributed by atoms with Crippen LogP contribution in [0.15, 0.2) is 30.3 Å². The minimum atomic E-state index is -0.0302. The molecule has 134 valence electrons. The third-order valence-electron chi connectivity index (χ3n) is 4.82. The molecule has 3 rings (SSSR count). The minimum Gasteiger partial charge on any atom is -0.489 e. The fourth-order valence-electron chi connectivity index (χ4n) is 3.09. The summed E-state index contributed by atoms with van der Waals surface area (Å²) < 4.78 is 7.88. The number of carbonyl (C=O) groups is 1. The maximum atomic E-state index is 12.3. The molecule has 1 aliphatic rings. The summed E-state index contributed by atoms with van der Waals surface area (Å²) in [6.45, 7) is 8.74. The van der Waals surface area contributed by atoms with Crippen molar-refractivity contribution in [3.63, 3.8) is 0 Å². The summed E-state index contributed by atoms with van der Waals surface area (Å²) in [7, 11) is 0. The number of ether oxygens (including phenoxy) is 1. The number of aryl methyl sites for hydroxylation is 1. The van der Waals surface area contributed by atoms with Gasteiger partial charge in [-0.1, -0.05) is 18.2 Å². The number of likely N-dealkylation sites (tertiary alicyclic amines) is 1. The first-order valence-electron chi connectivity index (χ1n) is 8.79. The Balaban J connectivity index is 1.44. The SMILES string of the molecule is Cc1nn(CCNC(=O)N2CC[C@@H](Oc3ccccc3)C2)c(C)c1C. The van der Waals surface area contributed by atoms with E-state index in [1.54, 1.807) is 0 Å². The van der Waals surface area contributed by atoms with Gasteiger partial charge in [0.05, 0.1) is 18.8 Å². The summed E-state index contributed by atoms with van der Waals surface area (Å²) in [6.07, 6.45) is 0.922. The van der Waals surface area contributed by atoms with Crippen LogP contribution >= 0.6 is 0 Å². The number of benzene rings is 1. The molecule has 1 fully saturated rings. The molecule has 1 aromatic heterocycles. The van der Waals surface area contributed by atoms with Crippen molar-refractivity contribution in [3.05, 3.63) is 47.3 Å². The predicted octanol–water partition coefficient (Wildman–Crippen LogP) is 2.67. The van der Waals surface area contributed by atoms with Crippen LogP contribution in [0, 0.1) is 20.8 Å². The highest BCUT2D eigenvalue weighted by Gasteiger charge is 2.27. The van der Waals surface area contributed by atoms with Crippen molar-refractivity contribution in [1.29, 1.82) is 0 Å². The molecule has 0 spiro atoms. The zero-order valence-electron chi connectivity index (χ0n) is 15.2. The van der Waals surface area contributed by atoms with E-state index in [0.717, 1.165) is 30.1 Å². The predicted molar refractivity (Wildman–Crippen MR) is 96.9 cm³/mol. The molecule has 0 radical (unpaired) electrons. The van der Waals surface area contributed by atoms with Gasteiger partial charge in [-0.3, -0.25) is 4.68 Å². The van der Waals surface area contributed by atoms with Gasteiger partial charge in [0.25, 0.3) is 0 Å². The number of para-hydroxylation sites is 1. The number of aromatic nitrogens is 2. The van der Waals surface area contributed by atoms with Gasteiger partial charge in [-0.25, -0.2) is 4.79 Å². The molecule has 0 bridgehead atoms. The summed E-state index contributed by atoms with van der Waals surface area (Å²) in [6, 6.07) is 9.73. The van der Waals surface area contributed by atoms with Crippen molar-refractivity contribution in [3.8, 4) is 5.75 Å². The molecule has 1 aromatic carbocycles. The van der Waals surface area contributed by atoms with Crippen molar-refractivity contribution < 1.29 is 9.53 Å². The number of amides is 2. The Morgan fingerprint density at radius 3 is 2.72 bits per heavy atom. The lowest BCUT2D eigenvalue weighted by atomic mass is 10.2. The number of urea groups is 1. The minimum absolute atomic E-state index is 0.0302. The van der Waals surface area contributed by atoms with E-state index < -0.39 is 0 Å². The first kappa shape index (κ1) is 17.3. The van der Waals surface area contributed by atoms with E-state index in [2.05, 4.69) is 24.3 Å². The van der Waals surface area contributed by atoms with Crippen LogP contribution in [0.2, 0.25) is 0 Å². The van der Waals surface area contributed by atoms with Gasteiger partial charge in [-0.05, 0) is 38.5 Å². The molecule has 1 N–H and O–H groups in total. The fourth-order valence-corrected chi connectivity index (χ4v) is 3.09. The summed E-state index contributed by atoms with van der Waals surface area (Å²) in [5, 5.41) is 7.48. The third kappa shape index (κ3) is 4.13. The molecule has 6 nitrogen and oxygen atoms in total. The van der Waals surface area contributed by atoms with E-state index in [0.29, 0.717) is 19.6 Å². The molecule has 1 saturated heterocycles. The van der Waals surface area contributed by atoms with Crippen LogP contribution in [0.1, 0.15) is 23.4 Å². The number of rotatable bonds is 5. The first-order chi connectivity index (χ1) is 12.0. The highest BCUT2D eigenvalue weighted by molar-refractivity contribution is 5.74. The van der Waals surface area contributed by atoms with E-state index in [1.807, 2.05) is 46.8 Å². The zero-order valence-corrected chi connectivity index (χ0v) is 15.2. The second kappa shape index (κ2) is 7.59. The molecule has 25 heavy (non-hydrogen) atoms. The molecule has 2 amide bonds. The summed E-state index contributed by atoms with van der Waals surface area (Å²) in [5.41, 5.74) is 3.42. The molecule has 0 unspecified atom stereocenters. The van der Waals surface area contributed by atoms with E-state index in [9.17, 15) is 4.79 Å². The van der Waals surface area contributed by atoms with Crippen LogP contribution < -0.4 is 10.1 Å². The largest absolute Gasteiger partial charge is 0.489 e. The lowest BCUT2D eigenvalue weighted by Gasteiger charge is -2.18. The topological polar surface area (TPSA) is 59.4 Å². The second-order valence-corrected chi connectivity index (χ2v) is 6.54. The average Bonchev–Trinajstić information content (AvgIpc) is 3.17. The molecule has 1 aliphatic heterocycles. The molecule has 2 heterocycles. The maximum absolute atomic E-state index is 12.3. The van der Waals surface area contributed by atoms with Gasteiger partial charge in [-0.15, -0.1) is 0 Å². The maximum Gasteiger partial charge on any atom is 0.317 e. The van der Waals surface area contributed by atoms with Gasteiger partial charge in [0.15, 0.2) is 0 Å². The Bertz CT molecular complexity index is 727. The van der Waals surface area contributed by atoms with Crippen LogP contribution in [0.4, 0.5) is 4.79 Å². The normalized spacial score (nSPS) is 16.9. The number of nitrogens with one attached hydrogen (secondary N) is 1. The summed E-state index contributed by atoms with van der Waals surface area (Å²) in [4.78, 5) is 14.1.